The van der Waals surface area contributed by atoms with Gasteiger partial charge in [0.2, 0.25) is 0 Å². The predicted molar refractivity (Wildman–Crippen MR) is 110 cm³/mol. The van der Waals surface area contributed by atoms with Crippen molar-refractivity contribution in [3.05, 3.63) is 29.6 Å². The minimum atomic E-state index is -1.02. The van der Waals surface area contributed by atoms with E-state index in [-0.39, 0.29) is 23.2 Å². The maximum Gasteiger partial charge on any atom is 0.357 e. The number of carbonyl (C=O) groups is 4. The van der Waals surface area contributed by atoms with Crippen LogP contribution in [0.25, 0.3) is 0 Å². The first-order valence-corrected chi connectivity index (χ1v) is 9.95. The summed E-state index contributed by atoms with van der Waals surface area (Å²) < 4.78 is 10.2. The quantitative estimate of drug-likeness (QED) is 0.551. The van der Waals surface area contributed by atoms with Crippen molar-refractivity contribution in [1.29, 1.82) is 0 Å². The highest BCUT2D eigenvalue weighted by molar-refractivity contribution is 5.94. The van der Waals surface area contributed by atoms with Crippen LogP contribution in [0.5, 0.6) is 0 Å². The minimum absolute atomic E-state index is 0.148. The number of hydrogen-bond donors (Lipinski definition) is 2. The number of pyridine rings is 1. The van der Waals surface area contributed by atoms with Gasteiger partial charge in [0.25, 0.3) is 11.8 Å². The number of aromatic nitrogens is 1. The Labute approximate surface area is 176 Å². The Hall–Kier alpha value is -2.97. The summed E-state index contributed by atoms with van der Waals surface area (Å²) in [5, 5.41) is 5.34. The number of carbonyl (C=O) groups excluding carboxylic acids is 4. The van der Waals surface area contributed by atoms with Gasteiger partial charge in [-0.2, -0.15) is 0 Å². The first-order chi connectivity index (χ1) is 14.0. The monoisotopic (exact) mass is 421 g/mol. The zero-order valence-electron chi connectivity index (χ0n) is 18.4. The highest BCUT2D eigenvalue weighted by Gasteiger charge is 2.23. The summed E-state index contributed by atoms with van der Waals surface area (Å²) in [4.78, 5) is 52.4. The highest BCUT2D eigenvalue weighted by Crippen LogP contribution is 2.07. The molecule has 0 bridgehead atoms. The molecule has 0 fully saturated rings. The fourth-order valence-electron chi connectivity index (χ4n) is 2.11. The van der Waals surface area contributed by atoms with Gasteiger partial charge in [-0.1, -0.05) is 33.8 Å². The fourth-order valence-corrected chi connectivity index (χ4v) is 2.11. The summed E-state index contributed by atoms with van der Waals surface area (Å²) in [5.74, 6) is -2.02. The summed E-state index contributed by atoms with van der Waals surface area (Å²) in [6.07, 6.45) is -2.03. The van der Waals surface area contributed by atoms with E-state index >= 15 is 0 Å². The Balaban J connectivity index is 2.70. The Morgan fingerprint density at radius 3 is 1.47 bits per heavy atom. The molecule has 1 aromatic heterocycles. The topological polar surface area (TPSA) is 124 Å². The molecule has 0 radical (unpaired) electrons. The van der Waals surface area contributed by atoms with Crippen LogP contribution in [-0.2, 0) is 19.1 Å². The third-order valence-electron chi connectivity index (χ3n) is 3.84. The van der Waals surface area contributed by atoms with Crippen molar-refractivity contribution in [2.24, 2.45) is 11.8 Å². The van der Waals surface area contributed by atoms with Crippen molar-refractivity contribution in [2.75, 3.05) is 13.1 Å². The molecule has 1 heterocycles. The van der Waals surface area contributed by atoms with Crippen LogP contribution in [0.4, 0.5) is 0 Å². The van der Waals surface area contributed by atoms with Crippen LogP contribution < -0.4 is 10.6 Å². The standard InChI is InChI=1S/C21H31N3O6/c1-12(2)10-22-18(25)14(5)29-20(27)16-8-7-9-17(24-16)21(28)30-15(6)19(26)23-11-13(3)4/h7-9,12-15H,10-11H2,1-6H3,(H,22,25)(H,23,26)/t14-,15+. The molecule has 0 aliphatic carbocycles. The second-order valence-corrected chi connectivity index (χ2v) is 7.78. The third-order valence-corrected chi connectivity index (χ3v) is 3.84. The molecule has 2 atom stereocenters. The number of rotatable bonds is 10. The Morgan fingerprint density at radius 2 is 1.13 bits per heavy atom. The van der Waals surface area contributed by atoms with Gasteiger partial charge < -0.3 is 20.1 Å². The highest BCUT2D eigenvalue weighted by atomic mass is 16.6. The Kier molecular flexibility index (Phi) is 9.94. The fraction of sp³-hybridized carbons (Fsp3) is 0.571. The summed E-state index contributed by atoms with van der Waals surface area (Å²) in [6.45, 7) is 11.6. The van der Waals surface area contributed by atoms with Crippen LogP contribution in [0.15, 0.2) is 18.2 Å². The molecule has 0 saturated heterocycles. The van der Waals surface area contributed by atoms with Gasteiger partial charge in [0, 0.05) is 13.1 Å². The van der Waals surface area contributed by atoms with Crippen molar-refractivity contribution in [3.63, 3.8) is 0 Å². The maximum absolute atomic E-state index is 12.3. The Morgan fingerprint density at radius 1 is 0.767 bits per heavy atom. The molecule has 0 aliphatic rings. The summed E-state index contributed by atoms with van der Waals surface area (Å²) in [7, 11) is 0. The minimum Gasteiger partial charge on any atom is -0.448 e. The average Bonchev–Trinajstić information content (AvgIpc) is 2.69. The lowest BCUT2D eigenvalue weighted by molar-refractivity contribution is -0.129. The molecule has 0 aliphatic heterocycles. The molecule has 166 valence electrons. The lowest BCUT2D eigenvalue weighted by atomic mass is 10.2. The molecule has 1 rings (SSSR count). The van der Waals surface area contributed by atoms with Crippen LogP contribution >= 0.6 is 0 Å². The van der Waals surface area contributed by atoms with E-state index in [0.29, 0.717) is 13.1 Å². The molecule has 30 heavy (non-hydrogen) atoms. The van der Waals surface area contributed by atoms with Gasteiger partial charge in [0.15, 0.2) is 12.2 Å². The van der Waals surface area contributed by atoms with Gasteiger partial charge in [-0.15, -0.1) is 0 Å². The molecule has 2 N–H and O–H groups in total. The summed E-state index contributed by atoms with van der Waals surface area (Å²) in [6, 6.07) is 4.15. The molecule has 0 unspecified atom stereocenters. The number of amides is 2. The number of esters is 2. The smallest absolute Gasteiger partial charge is 0.357 e. The van der Waals surface area contributed by atoms with Crippen LogP contribution in [0, 0.1) is 11.8 Å². The van der Waals surface area contributed by atoms with Gasteiger partial charge >= 0.3 is 11.9 Å². The molecular weight excluding hydrogens is 390 g/mol. The van der Waals surface area contributed by atoms with Crippen molar-refractivity contribution < 1.29 is 28.7 Å². The maximum atomic E-state index is 12.3. The van der Waals surface area contributed by atoms with Crippen LogP contribution in [-0.4, -0.2) is 54.0 Å². The van der Waals surface area contributed by atoms with E-state index in [1.807, 2.05) is 27.7 Å². The summed E-state index contributed by atoms with van der Waals surface area (Å²) >= 11 is 0. The molecular formula is C21H31N3O6. The van der Waals surface area contributed by atoms with Crippen LogP contribution in [0.2, 0.25) is 0 Å². The molecule has 9 heteroatoms. The molecule has 0 aromatic carbocycles. The van der Waals surface area contributed by atoms with Crippen molar-refractivity contribution >= 4 is 23.8 Å². The predicted octanol–water partition coefficient (Wildman–Crippen LogP) is 1.72. The molecule has 9 nitrogen and oxygen atoms in total. The Bertz CT molecular complexity index is 704. The molecule has 2 amide bonds. The van der Waals surface area contributed by atoms with E-state index in [4.69, 9.17) is 9.47 Å². The van der Waals surface area contributed by atoms with E-state index in [1.165, 1.54) is 32.0 Å². The SMILES string of the molecule is CC(C)CNC(=O)[C@H](C)OC(=O)c1cccc(C(=O)O[C@H](C)C(=O)NCC(C)C)n1. The number of ether oxygens (including phenoxy) is 2. The first-order valence-electron chi connectivity index (χ1n) is 9.95. The van der Waals surface area contributed by atoms with Crippen LogP contribution in [0.3, 0.4) is 0 Å². The van der Waals surface area contributed by atoms with Crippen molar-refractivity contribution in [3.8, 4) is 0 Å². The largest absolute Gasteiger partial charge is 0.448 e. The zero-order valence-corrected chi connectivity index (χ0v) is 18.4. The first kappa shape index (κ1) is 25.1. The average molecular weight is 421 g/mol. The van der Waals surface area contributed by atoms with E-state index < -0.39 is 36.0 Å². The van der Waals surface area contributed by atoms with E-state index in [0.717, 1.165) is 0 Å². The normalized spacial score (nSPS) is 12.8. The van der Waals surface area contributed by atoms with Crippen LogP contribution in [0.1, 0.15) is 62.5 Å². The second kappa shape index (κ2) is 11.9. The van der Waals surface area contributed by atoms with E-state index in [1.54, 1.807) is 0 Å². The van der Waals surface area contributed by atoms with Gasteiger partial charge in [-0.05, 0) is 37.8 Å². The number of hydrogen-bond acceptors (Lipinski definition) is 7. The van der Waals surface area contributed by atoms with Gasteiger partial charge in [-0.3, -0.25) is 9.59 Å². The molecule has 0 saturated carbocycles. The lowest BCUT2D eigenvalue weighted by Gasteiger charge is -2.15. The van der Waals surface area contributed by atoms with Crippen molar-refractivity contribution in [1.82, 2.24) is 15.6 Å². The second-order valence-electron chi connectivity index (χ2n) is 7.78. The third kappa shape index (κ3) is 8.59. The molecule has 0 spiro atoms. The van der Waals surface area contributed by atoms with Gasteiger partial charge in [-0.25, -0.2) is 14.6 Å². The van der Waals surface area contributed by atoms with Crippen molar-refractivity contribution in [2.45, 2.75) is 53.8 Å². The number of nitrogens with one attached hydrogen (secondary N) is 2. The molecule has 1 aromatic rings. The summed E-state index contributed by atoms with van der Waals surface area (Å²) in [5.41, 5.74) is -0.297. The zero-order chi connectivity index (χ0) is 22.8. The lowest BCUT2D eigenvalue weighted by Crippen LogP contribution is -2.38. The van der Waals surface area contributed by atoms with Gasteiger partial charge in [0.1, 0.15) is 11.4 Å². The van der Waals surface area contributed by atoms with Gasteiger partial charge in [0.05, 0.1) is 0 Å². The number of nitrogens with zero attached hydrogens (tertiary/aromatic N) is 1. The van der Waals surface area contributed by atoms with E-state index in [2.05, 4.69) is 15.6 Å². The van der Waals surface area contributed by atoms with E-state index in [9.17, 15) is 19.2 Å².